The molecule has 0 saturated carbocycles. The predicted molar refractivity (Wildman–Crippen MR) is 106 cm³/mol. The Morgan fingerprint density at radius 1 is 1.04 bits per heavy atom. The van der Waals surface area contributed by atoms with Crippen molar-refractivity contribution in [3.05, 3.63) is 47.0 Å². The van der Waals surface area contributed by atoms with Crippen LogP contribution in [0.15, 0.2) is 24.4 Å². The molecule has 1 N–H and O–H groups in total. The number of rotatable bonds is 5. The van der Waals surface area contributed by atoms with Gasteiger partial charge in [0.15, 0.2) is 0 Å². The number of hydrogen-bond acceptors (Lipinski definition) is 5. The van der Waals surface area contributed by atoms with E-state index in [0.717, 1.165) is 48.2 Å². The normalized spacial score (nSPS) is 16.8. The number of aromatic nitrogens is 3. The topological polar surface area (TPSA) is 53.9 Å². The van der Waals surface area contributed by atoms with E-state index in [9.17, 15) is 0 Å². The molecule has 3 heterocycles. The first-order valence-corrected chi connectivity index (χ1v) is 9.88. The summed E-state index contributed by atoms with van der Waals surface area (Å²) in [6, 6.07) is 6.32. The fourth-order valence-corrected chi connectivity index (χ4v) is 3.55. The van der Waals surface area contributed by atoms with Crippen LogP contribution in [0, 0.1) is 13.8 Å². The molecule has 5 heteroatoms. The van der Waals surface area contributed by atoms with Crippen molar-refractivity contribution in [1.82, 2.24) is 20.3 Å². The standard InChI is InChI=1S/C21H31N5/c1-16-10-9-11-19(24-16)14-22-17(2)20-15-23-21(25-18(20)3)26-12-7-5-4-6-8-13-26/h9-11,15,17,22H,4-8,12-14H2,1-3H3. The summed E-state index contributed by atoms with van der Waals surface area (Å²) in [5.41, 5.74) is 4.34. The second-order valence-corrected chi connectivity index (χ2v) is 7.34. The fourth-order valence-electron chi connectivity index (χ4n) is 3.55. The number of anilines is 1. The molecule has 2 aromatic heterocycles. The van der Waals surface area contributed by atoms with Gasteiger partial charge in [0, 0.05) is 48.8 Å². The van der Waals surface area contributed by atoms with E-state index < -0.39 is 0 Å². The highest BCUT2D eigenvalue weighted by Crippen LogP contribution is 2.20. The number of nitrogens with zero attached hydrogens (tertiary/aromatic N) is 4. The summed E-state index contributed by atoms with van der Waals surface area (Å²) in [5, 5.41) is 3.54. The largest absolute Gasteiger partial charge is 0.341 e. The molecule has 0 aliphatic carbocycles. The van der Waals surface area contributed by atoms with Gasteiger partial charge < -0.3 is 10.2 Å². The van der Waals surface area contributed by atoms with Gasteiger partial charge in [0.25, 0.3) is 0 Å². The lowest BCUT2D eigenvalue weighted by Gasteiger charge is -2.25. The number of aryl methyl sites for hydroxylation is 2. The van der Waals surface area contributed by atoms with E-state index in [-0.39, 0.29) is 6.04 Å². The first-order chi connectivity index (χ1) is 12.6. The van der Waals surface area contributed by atoms with Crippen molar-refractivity contribution in [1.29, 1.82) is 0 Å². The molecule has 1 aliphatic heterocycles. The fraction of sp³-hybridized carbons (Fsp3) is 0.571. The summed E-state index contributed by atoms with van der Waals surface area (Å²) in [6.45, 7) is 9.17. The molecule has 3 rings (SSSR count). The quantitative estimate of drug-likeness (QED) is 0.877. The van der Waals surface area contributed by atoms with E-state index in [1.807, 2.05) is 19.2 Å². The van der Waals surface area contributed by atoms with Gasteiger partial charge in [-0.05, 0) is 45.7 Å². The zero-order chi connectivity index (χ0) is 18.4. The van der Waals surface area contributed by atoms with Gasteiger partial charge in [-0.25, -0.2) is 9.97 Å². The Hall–Kier alpha value is -2.01. The van der Waals surface area contributed by atoms with Crippen LogP contribution < -0.4 is 10.2 Å². The van der Waals surface area contributed by atoms with Crippen molar-refractivity contribution >= 4 is 5.95 Å². The van der Waals surface area contributed by atoms with Crippen LogP contribution in [0.5, 0.6) is 0 Å². The maximum Gasteiger partial charge on any atom is 0.225 e. The van der Waals surface area contributed by atoms with Crippen molar-refractivity contribution < 1.29 is 0 Å². The van der Waals surface area contributed by atoms with Crippen LogP contribution in [0.2, 0.25) is 0 Å². The molecule has 5 nitrogen and oxygen atoms in total. The third-order valence-electron chi connectivity index (χ3n) is 5.15. The lowest BCUT2D eigenvalue weighted by Crippen LogP contribution is -2.29. The van der Waals surface area contributed by atoms with Gasteiger partial charge in [-0.3, -0.25) is 4.98 Å². The Morgan fingerprint density at radius 2 is 1.77 bits per heavy atom. The van der Waals surface area contributed by atoms with Crippen LogP contribution >= 0.6 is 0 Å². The smallest absolute Gasteiger partial charge is 0.225 e. The third-order valence-corrected chi connectivity index (χ3v) is 5.15. The molecule has 1 unspecified atom stereocenters. The van der Waals surface area contributed by atoms with Gasteiger partial charge in [-0.2, -0.15) is 0 Å². The first kappa shape index (κ1) is 18.8. The molecule has 0 radical (unpaired) electrons. The molecule has 1 fully saturated rings. The van der Waals surface area contributed by atoms with Crippen LogP contribution in [0.25, 0.3) is 0 Å². The molecule has 0 aromatic carbocycles. The van der Waals surface area contributed by atoms with Gasteiger partial charge >= 0.3 is 0 Å². The number of pyridine rings is 1. The molecule has 0 spiro atoms. The van der Waals surface area contributed by atoms with Crippen LogP contribution in [0.1, 0.15) is 67.7 Å². The minimum Gasteiger partial charge on any atom is -0.341 e. The second kappa shape index (κ2) is 9.08. The summed E-state index contributed by atoms with van der Waals surface area (Å²) in [6.07, 6.45) is 8.49. The van der Waals surface area contributed by atoms with Crippen LogP contribution in [-0.4, -0.2) is 28.0 Å². The van der Waals surface area contributed by atoms with Crippen molar-refractivity contribution in [2.75, 3.05) is 18.0 Å². The highest BCUT2D eigenvalue weighted by atomic mass is 15.2. The van der Waals surface area contributed by atoms with Gasteiger partial charge in [-0.15, -0.1) is 0 Å². The zero-order valence-electron chi connectivity index (χ0n) is 16.3. The monoisotopic (exact) mass is 353 g/mol. The summed E-state index contributed by atoms with van der Waals surface area (Å²) in [7, 11) is 0. The maximum atomic E-state index is 4.82. The summed E-state index contributed by atoms with van der Waals surface area (Å²) >= 11 is 0. The lowest BCUT2D eigenvalue weighted by molar-refractivity contribution is 0.545. The van der Waals surface area contributed by atoms with Gasteiger partial charge in [-0.1, -0.05) is 25.3 Å². The highest BCUT2D eigenvalue weighted by molar-refractivity contribution is 5.34. The minimum atomic E-state index is 0.193. The van der Waals surface area contributed by atoms with E-state index in [1.54, 1.807) is 0 Å². The summed E-state index contributed by atoms with van der Waals surface area (Å²) in [4.78, 5) is 16.4. The Morgan fingerprint density at radius 3 is 2.46 bits per heavy atom. The number of nitrogens with one attached hydrogen (secondary N) is 1. The molecule has 140 valence electrons. The zero-order valence-corrected chi connectivity index (χ0v) is 16.3. The van der Waals surface area contributed by atoms with Crippen molar-refractivity contribution in [3.8, 4) is 0 Å². The molecule has 0 bridgehead atoms. The third kappa shape index (κ3) is 5.01. The van der Waals surface area contributed by atoms with E-state index in [0.29, 0.717) is 0 Å². The summed E-state index contributed by atoms with van der Waals surface area (Å²) < 4.78 is 0. The first-order valence-electron chi connectivity index (χ1n) is 9.88. The van der Waals surface area contributed by atoms with Gasteiger partial charge in [0.1, 0.15) is 0 Å². The van der Waals surface area contributed by atoms with Crippen molar-refractivity contribution in [2.24, 2.45) is 0 Å². The van der Waals surface area contributed by atoms with E-state index >= 15 is 0 Å². The predicted octanol–water partition coefficient (Wildman–Crippen LogP) is 4.11. The number of hydrogen-bond donors (Lipinski definition) is 1. The molecule has 2 aromatic rings. The maximum absolute atomic E-state index is 4.82. The average molecular weight is 354 g/mol. The lowest BCUT2D eigenvalue weighted by atomic mass is 10.1. The molecular weight excluding hydrogens is 322 g/mol. The van der Waals surface area contributed by atoms with Gasteiger partial charge in [0.2, 0.25) is 5.95 Å². The van der Waals surface area contributed by atoms with Crippen LogP contribution in [0.3, 0.4) is 0 Å². The second-order valence-electron chi connectivity index (χ2n) is 7.34. The molecular formula is C21H31N5. The average Bonchev–Trinajstić information content (AvgIpc) is 2.59. The highest BCUT2D eigenvalue weighted by Gasteiger charge is 2.15. The van der Waals surface area contributed by atoms with Crippen molar-refractivity contribution in [3.63, 3.8) is 0 Å². The molecule has 1 saturated heterocycles. The van der Waals surface area contributed by atoms with Gasteiger partial charge in [0.05, 0.1) is 5.69 Å². The van der Waals surface area contributed by atoms with Crippen LogP contribution in [0.4, 0.5) is 5.95 Å². The van der Waals surface area contributed by atoms with Crippen molar-refractivity contribution in [2.45, 2.75) is 65.5 Å². The Kier molecular flexibility index (Phi) is 6.56. The summed E-state index contributed by atoms with van der Waals surface area (Å²) in [5.74, 6) is 0.890. The van der Waals surface area contributed by atoms with E-state index in [2.05, 4.69) is 46.2 Å². The molecule has 1 aliphatic rings. The van der Waals surface area contributed by atoms with E-state index in [4.69, 9.17) is 4.98 Å². The SMILES string of the molecule is Cc1cccc(CNC(C)c2cnc(N3CCCCCCC3)nc2C)n1. The molecule has 0 amide bonds. The Balaban J connectivity index is 1.64. The van der Waals surface area contributed by atoms with E-state index in [1.165, 1.54) is 32.1 Å². The minimum absolute atomic E-state index is 0.193. The molecule has 1 atom stereocenters. The van der Waals surface area contributed by atoms with Crippen LogP contribution in [-0.2, 0) is 6.54 Å². The Bertz CT molecular complexity index is 707. The molecule has 26 heavy (non-hydrogen) atoms. The Labute approximate surface area is 157 Å².